The average Bonchev–Trinajstić information content (AvgIpc) is 2.37. The maximum atomic E-state index is 12.6. The molecule has 1 N–H and O–H groups in total. The predicted octanol–water partition coefficient (Wildman–Crippen LogP) is 2.66. The van der Waals surface area contributed by atoms with Crippen LogP contribution in [-0.4, -0.2) is 28.4 Å². The van der Waals surface area contributed by atoms with Crippen molar-refractivity contribution >= 4 is 5.91 Å². The fourth-order valence-corrected chi connectivity index (χ4v) is 2.26. The molecule has 0 spiro atoms. The van der Waals surface area contributed by atoms with E-state index in [4.69, 9.17) is 0 Å². The van der Waals surface area contributed by atoms with Gasteiger partial charge in [0.2, 0.25) is 5.56 Å². The van der Waals surface area contributed by atoms with E-state index in [1.807, 2.05) is 4.90 Å². The van der Waals surface area contributed by atoms with Crippen molar-refractivity contribution in [3.8, 4) is 0 Å². The summed E-state index contributed by atoms with van der Waals surface area (Å²) in [5.74, 6) is 0.361. The average molecular weight is 264 g/mol. The van der Waals surface area contributed by atoms with Crippen molar-refractivity contribution in [1.29, 1.82) is 0 Å². The van der Waals surface area contributed by atoms with Gasteiger partial charge in [0.05, 0.1) is 0 Å². The zero-order valence-corrected chi connectivity index (χ0v) is 12.3. The molecule has 0 radical (unpaired) electrons. The molecule has 0 aliphatic rings. The van der Waals surface area contributed by atoms with Gasteiger partial charge in [-0.05, 0) is 24.8 Å². The van der Waals surface area contributed by atoms with E-state index in [0.717, 1.165) is 19.4 Å². The van der Waals surface area contributed by atoms with Crippen molar-refractivity contribution < 1.29 is 4.79 Å². The van der Waals surface area contributed by atoms with E-state index in [2.05, 4.69) is 32.7 Å². The first-order valence-corrected chi connectivity index (χ1v) is 6.99. The molecule has 1 aromatic rings. The first kappa shape index (κ1) is 15.5. The first-order chi connectivity index (χ1) is 8.99. The Morgan fingerprint density at radius 1 is 1.32 bits per heavy atom. The van der Waals surface area contributed by atoms with Gasteiger partial charge in [0.25, 0.3) is 5.91 Å². The van der Waals surface area contributed by atoms with Crippen molar-refractivity contribution in [2.75, 3.05) is 6.54 Å². The van der Waals surface area contributed by atoms with E-state index in [-0.39, 0.29) is 17.5 Å². The minimum atomic E-state index is -0.236. The summed E-state index contributed by atoms with van der Waals surface area (Å²) in [7, 11) is 0. The number of H-pyrrole nitrogens is 1. The van der Waals surface area contributed by atoms with Crippen LogP contribution in [0.15, 0.2) is 23.1 Å². The van der Waals surface area contributed by atoms with Crippen LogP contribution < -0.4 is 5.56 Å². The van der Waals surface area contributed by atoms with Gasteiger partial charge in [0.1, 0.15) is 0 Å². The molecular formula is C15H24N2O2. The third kappa shape index (κ3) is 4.23. The van der Waals surface area contributed by atoms with Crippen LogP contribution in [0.1, 0.15) is 50.9 Å². The number of aromatic amines is 1. The van der Waals surface area contributed by atoms with Crippen LogP contribution in [-0.2, 0) is 0 Å². The predicted molar refractivity (Wildman–Crippen MR) is 77.3 cm³/mol. The van der Waals surface area contributed by atoms with Crippen molar-refractivity contribution in [3.05, 3.63) is 34.2 Å². The van der Waals surface area contributed by atoms with Crippen molar-refractivity contribution in [2.45, 2.75) is 46.6 Å². The van der Waals surface area contributed by atoms with Gasteiger partial charge < -0.3 is 9.88 Å². The van der Waals surface area contributed by atoms with E-state index >= 15 is 0 Å². The molecule has 1 rings (SSSR count). The SMILES string of the molecule is CCC(CC)N(CC(C)C)C(=O)c1cc[nH]c(=O)c1. The molecule has 0 atom stereocenters. The zero-order chi connectivity index (χ0) is 14.4. The van der Waals surface area contributed by atoms with Crippen molar-refractivity contribution in [3.63, 3.8) is 0 Å². The van der Waals surface area contributed by atoms with Gasteiger partial charge >= 0.3 is 0 Å². The molecule has 4 heteroatoms. The number of aromatic nitrogens is 1. The highest BCUT2D eigenvalue weighted by Crippen LogP contribution is 2.15. The molecule has 19 heavy (non-hydrogen) atoms. The van der Waals surface area contributed by atoms with Gasteiger partial charge in [-0.3, -0.25) is 9.59 Å². The van der Waals surface area contributed by atoms with Crippen LogP contribution in [0.5, 0.6) is 0 Å². The summed E-state index contributed by atoms with van der Waals surface area (Å²) >= 11 is 0. The number of hydrogen-bond donors (Lipinski definition) is 1. The Labute approximate surface area is 114 Å². The number of hydrogen-bond acceptors (Lipinski definition) is 2. The van der Waals surface area contributed by atoms with Crippen LogP contribution in [0.4, 0.5) is 0 Å². The number of amides is 1. The monoisotopic (exact) mass is 264 g/mol. The zero-order valence-electron chi connectivity index (χ0n) is 12.3. The van der Waals surface area contributed by atoms with Gasteiger partial charge in [-0.2, -0.15) is 0 Å². The van der Waals surface area contributed by atoms with Gasteiger partial charge in [-0.15, -0.1) is 0 Å². The molecule has 1 amide bonds. The van der Waals surface area contributed by atoms with E-state index in [9.17, 15) is 9.59 Å². The standard InChI is InChI=1S/C15H24N2O2/c1-5-13(6-2)17(10-11(3)4)15(19)12-7-8-16-14(18)9-12/h7-9,11,13H,5-6,10H2,1-4H3,(H,16,18). The number of carbonyl (C=O) groups is 1. The second-order valence-electron chi connectivity index (χ2n) is 5.26. The van der Waals surface area contributed by atoms with Crippen LogP contribution in [0.3, 0.4) is 0 Å². The van der Waals surface area contributed by atoms with Gasteiger partial charge in [0, 0.05) is 30.4 Å². The Morgan fingerprint density at radius 2 is 1.95 bits per heavy atom. The highest BCUT2D eigenvalue weighted by molar-refractivity contribution is 5.94. The largest absolute Gasteiger partial charge is 0.335 e. The lowest BCUT2D eigenvalue weighted by Gasteiger charge is -2.32. The smallest absolute Gasteiger partial charge is 0.254 e. The van der Waals surface area contributed by atoms with Crippen molar-refractivity contribution in [1.82, 2.24) is 9.88 Å². The molecule has 0 fully saturated rings. The minimum absolute atomic E-state index is 0.0477. The Morgan fingerprint density at radius 3 is 2.42 bits per heavy atom. The quantitative estimate of drug-likeness (QED) is 0.858. The Bertz CT molecular complexity index is 461. The maximum Gasteiger partial charge on any atom is 0.254 e. The maximum absolute atomic E-state index is 12.6. The van der Waals surface area contributed by atoms with E-state index < -0.39 is 0 Å². The second kappa shape index (κ2) is 7.12. The summed E-state index contributed by atoms with van der Waals surface area (Å²) in [6.45, 7) is 9.10. The highest BCUT2D eigenvalue weighted by Gasteiger charge is 2.23. The van der Waals surface area contributed by atoms with Crippen LogP contribution in [0, 0.1) is 5.92 Å². The van der Waals surface area contributed by atoms with Crippen LogP contribution in [0.25, 0.3) is 0 Å². The highest BCUT2D eigenvalue weighted by atomic mass is 16.2. The molecule has 0 bridgehead atoms. The molecule has 1 heterocycles. The molecule has 1 aromatic heterocycles. The number of carbonyl (C=O) groups excluding carboxylic acids is 1. The summed E-state index contributed by atoms with van der Waals surface area (Å²) in [6, 6.07) is 3.27. The summed E-state index contributed by atoms with van der Waals surface area (Å²) < 4.78 is 0. The number of rotatable bonds is 6. The van der Waals surface area contributed by atoms with Gasteiger partial charge in [-0.1, -0.05) is 27.7 Å². The normalized spacial score (nSPS) is 11.1. The fraction of sp³-hybridized carbons (Fsp3) is 0.600. The third-order valence-electron chi connectivity index (χ3n) is 3.23. The molecule has 4 nitrogen and oxygen atoms in total. The Kier molecular flexibility index (Phi) is 5.80. The number of nitrogens with one attached hydrogen (secondary N) is 1. The van der Waals surface area contributed by atoms with E-state index in [1.165, 1.54) is 12.3 Å². The molecule has 0 unspecified atom stereocenters. The number of pyridine rings is 1. The van der Waals surface area contributed by atoms with Crippen LogP contribution >= 0.6 is 0 Å². The lowest BCUT2D eigenvalue weighted by Crippen LogP contribution is -2.42. The van der Waals surface area contributed by atoms with Gasteiger partial charge in [0.15, 0.2) is 0 Å². The third-order valence-corrected chi connectivity index (χ3v) is 3.23. The molecule has 0 aliphatic carbocycles. The minimum Gasteiger partial charge on any atom is -0.335 e. The fourth-order valence-electron chi connectivity index (χ4n) is 2.26. The first-order valence-electron chi connectivity index (χ1n) is 6.99. The lowest BCUT2D eigenvalue weighted by molar-refractivity contribution is 0.0640. The van der Waals surface area contributed by atoms with Gasteiger partial charge in [-0.25, -0.2) is 0 Å². The lowest BCUT2D eigenvalue weighted by atomic mass is 10.1. The Hall–Kier alpha value is -1.58. The summed E-state index contributed by atoms with van der Waals surface area (Å²) in [4.78, 5) is 28.3. The second-order valence-corrected chi connectivity index (χ2v) is 5.26. The molecular weight excluding hydrogens is 240 g/mol. The Balaban J connectivity index is 3.03. The summed E-state index contributed by atoms with van der Waals surface area (Å²) in [5.41, 5.74) is 0.233. The summed E-state index contributed by atoms with van der Waals surface area (Å²) in [6.07, 6.45) is 3.38. The van der Waals surface area contributed by atoms with Crippen molar-refractivity contribution in [2.24, 2.45) is 5.92 Å². The topological polar surface area (TPSA) is 53.2 Å². The molecule has 0 aliphatic heterocycles. The van der Waals surface area contributed by atoms with Crippen LogP contribution in [0.2, 0.25) is 0 Å². The molecule has 106 valence electrons. The number of nitrogens with zero attached hydrogens (tertiary/aromatic N) is 1. The van der Waals surface area contributed by atoms with E-state index in [0.29, 0.717) is 11.5 Å². The molecule has 0 aromatic carbocycles. The van der Waals surface area contributed by atoms with E-state index in [1.54, 1.807) is 6.07 Å². The molecule has 0 saturated heterocycles. The summed E-state index contributed by atoms with van der Waals surface area (Å²) in [5, 5.41) is 0. The molecule has 0 saturated carbocycles.